The Morgan fingerprint density at radius 2 is 2.46 bits per heavy atom. The maximum atomic E-state index is 5.53. The summed E-state index contributed by atoms with van der Waals surface area (Å²) in [6.07, 6.45) is 1.68. The number of pyridine rings is 1. The number of methoxy groups -OCH3 is 1. The van der Waals surface area contributed by atoms with E-state index in [4.69, 9.17) is 10.5 Å². The molecular formula is C9H15N3O. The second-order valence-corrected chi connectivity index (χ2v) is 2.97. The standard InChI is InChI=1S/C9H15N3O/c1-7(6-13-2)12-8-3-4-11-9(10)5-8/h3-5,7H,6H2,1-2H3,(H3,10,11,12). The van der Waals surface area contributed by atoms with Gasteiger partial charge in [-0.1, -0.05) is 0 Å². The SMILES string of the molecule is COCC(C)Nc1ccnc(N)c1. The van der Waals surface area contributed by atoms with Gasteiger partial charge >= 0.3 is 0 Å². The molecule has 3 N–H and O–H groups in total. The fourth-order valence-electron chi connectivity index (χ4n) is 1.11. The molecule has 0 saturated carbocycles. The first-order chi connectivity index (χ1) is 6.22. The molecule has 0 amide bonds. The molecule has 0 aliphatic heterocycles. The van der Waals surface area contributed by atoms with Crippen LogP contribution in [0.1, 0.15) is 6.92 Å². The molecule has 1 heterocycles. The smallest absolute Gasteiger partial charge is 0.125 e. The fourth-order valence-corrected chi connectivity index (χ4v) is 1.11. The van der Waals surface area contributed by atoms with Crippen LogP contribution in [0.5, 0.6) is 0 Å². The second-order valence-electron chi connectivity index (χ2n) is 2.97. The highest BCUT2D eigenvalue weighted by Crippen LogP contribution is 2.10. The molecule has 1 aromatic heterocycles. The molecule has 0 radical (unpaired) electrons. The van der Waals surface area contributed by atoms with Gasteiger partial charge in [-0.2, -0.15) is 0 Å². The van der Waals surface area contributed by atoms with Gasteiger partial charge < -0.3 is 15.8 Å². The molecule has 0 aromatic carbocycles. The summed E-state index contributed by atoms with van der Waals surface area (Å²) in [5.41, 5.74) is 6.50. The van der Waals surface area contributed by atoms with Crippen molar-refractivity contribution in [3.05, 3.63) is 18.3 Å². The molecule has 1 unspecified atom stereocenters. The van der Waals surface area contributed by atoms with Gasteiger partial charge in [0.15, 0.2) is 0 Å². The summed E-state index contributed by atoms with van der Waals surface area (Å²) < 4.78 is 5.00. The van der Waals surface area contributed by atoms with Crippen LogP contribution in [0, 0.1) is 0 Å². The highest BCUT2D eigenvalue weighted by atomic mass is 16.5. The van der Waals surface area contributed by atoms with E-state index in [-0.39, 0.29) is 6.04 Å². The molecule has 4 heteroatoms. The number of ether oxygens (including phenoxy) is 1. The number of anilines is 2. The number of nitrogens with one attached hydrogen (secondary N) is 1. The number of hydrogen-bond acceptors (Lipinski definition) is 4. The van der Waals surface area contributed by atoms with Gasteiger partial charge in [-0.25, -0.2) is 4.98 Å². The Bertz CT molecular complexity index is 265. The Hall–Kier alpha value is -1.29. The third-order valence-corrected chi connectivity index (χ3v) is 1.61. The summed E-state index contributed by atoms with van der Waals surface area (Å²) in [6, 6.07) is 3.95. The van der Waals surface area contributed by atoms with Gasteiger partial charge in [-0.3, -0.25) is 0 Å². The van der Waals surface area contributed by atoms with E-state index in [1.165, 1.54) is 0 Å². The van der Waals surface area contributed by atoms with Crippen molar-refractivity contribution in [3.8, 4) is 0 Å². The summed E-state index contributed by atoms with van der Waals surface area (Å²) in [5, 5.41) is 3.24. The minimum atomic E-state index is 0.270. The first kappa shape index (κ1) is 9.80. The van der Waals surface area contributed by atoms with E-state index in [9.17, 15) is 0 Å². The third kappa shape index (κ3) is 3.29. The molecule has 72 valence electrons. The monoisotopic (exact) mass is 181 g/mol. The lowest BCUT2D eigenvalue weighted by Gasteiger charge is -2.13. The van der Waals surface area contributed by atoms with Gasteiger partial charge in [0, 0.05) is 31.1 Å². The average molecular weight is 181 g/mol. The number of hydrogen-bond donors (Lipinski definition) is 2. The Kier molecular flexibility index (Phi) is 3.52. The number of rotatable bonds is 4. The maximum Gasteiger partial charge on any atom is 0.125 e. The molecule has 0 spiro atoms. The maximum absolute atomic E-state index is 5.53. The first-order valence-electron chi connectivity index (χ1n) is 4.19. The van der Waals surface area contributed by atoms with Crippen molar-refractivity contribution in [2.24, 2.45) is 0 Å². The van der Waals surface area contributed by atoms with Crippen LogP contribution >= 0.6 is 0 Å². The van der Waals surface area contributed by atoms with E-state index in [2.05, 4.69) is 10.3 Å². The van der Waals surface area contributed by atoms with E-state index in [1.54, 1.807) is 19.4 Å². The van der Waals surface area contributed by atoms with Crippen molar-refractivity contribution in [1.29, 1.82) is 0 Å². The predicted octanol–water partition coefficient (Wildman–Crippen LogP) is 1.11. The first-order valence-corrected chi connectivity index (χ1v) is 4.19. The van der Waals surface area contributed by atoms with Gasteiger partial charge in [-0.05, 0) is 13.0 Å². The predicted molar refractivity (Wildman–Crippen MR) is 53.6 cm³/mol. The summed E-state index contributed by atoms with van der Waals surface area (Å²) in [7, 11) is 1.68. The van der Waals surface area contributed by atoms with Crippen LogP contribution in [0.3, 0.4) is 0 Å². The Morgan fingerprint density at radius 1 is 1.69 bits per heavy atom. The van der Waals surface area contributed by atoms with Gasteiger partial charge in [0.2, 0.25) is 0 Å². The average Bonchev–Trinajstić information content (AvgIpc) is 2.04. The van der Waals surface area contributed by atoms with Crippen LogP contribution < -0.4 is 11.1 Å². The van der Waals surface area contributed by atoms with E-state index < -0.39 is 0 Å². The van der Waals surface area contributed by atoms with Crippen molar-refractivity contribution in [2.75, 3.05) is 24.8 Å². The highest BCUT2D eigenvalue weighted by molar-refractivity contribution is 5.50. The lowest BCUT2D eigenvalue weighted by molar-refractivity contribution is 0.190. The topological polar surface area (TPSA) is 60.2 Å². The van der Waals surface area contributed by atoms with Crippen LogP contribution in [-0.2, 0) is 4.74 Å². The zero-order valence-corrected chi connectivity index (χ0v) is 7.95. The van der Waals surface area contributed by atoms with Crippen molar-refractivity contribution >= 4 is 11.5 Å². The van der Waals surface area contributed by atoms with Gasteiger partial charge in [-0.15, -0.1) is 0 Å². The molecular weight excluding hydrogens is 166 g/mol. The summed E-state index contributed by atoms with van der Waals surface area (Å²) >= 11 is 0. The van der Waals surface area contributed by atoms with E-state index in [0.717, 1.165) is 5.69 Å². The van der Waals surface area contributed by atoms with Crippen LogP contribution in [0.2, 0.25) is 0 Å². The molecule has 13 heavy (non-hydrogen) atoms. The minimum Gasteiger partial charge on any atom is -0.384 e. The molecule has 0 fully saturated rings. The number of nitrogen functional groups attached to an aromatic ring is 1. The lowest BCUT2D eigenvalue weighted by Crippen LogP contribution is -2.20. The fraction of sp³-hybridized carbons (Fsp3) is 0.444. The van der Waals surface area contributed by atoms with E-state index in [1.807, 2.05) is 13.0 Å². The molecule has 4 nitrogen and oxygen atoms in total. The molecule has 1 rings (SSSR count). The van der Waals surface area contributed by atoms with Crippen LogP contribution in [0.4, 0.5) is 11.5 Å². The molecule has 0 aliphatic carbocycles. The summed E-state index contributed by atoms with van der Waals surface area (Å²) in [5.74, 6) is 0.523. The van der Waals surface area contributed by atoms with Crippen molar-refractivity contribution < 1.29 is 4.74 Å². The molecule has 1 aromatic rings. The minimum absolute atomic E-state index is 0.270. The second kappa shape index (κ2) is 4.67. The van der Waals surface area contributed by atoms with Gasteiger partial charge in [0.1, 0.15) is 5.82 Å². The molecule has 0 saturated heterocycles. The zero-order chi connectivity index (χ0) is 9.68. The number of aromatic nitrogens is 1. The van der Waals surface area contributed by atoms with E-state index in [0.29, 0.717) is 12.4 Å². The molecule has 0 aliphatic rings. The Labute approximate surface area is 78.1 Å². The van der Waals surface area contributed by atoms with Crippen LogP contribution in [-0.4, -0.2) is 24.7 Å². The number of nitrogens with two attached hydrogens (primary N) is 1. The Morgan fingerprint density at radius 3 is 3.08 bits per heavy atom. The summed E-state index contributed by atoms with van der Waals surface area (Å²) in [6.45, 7) is 2.71. The Balaban J connectivity index is 2.53. The lowest BCUT2D eigenvalue weighted by atomic mass is 10.3. The van der Waals surface area contributed by atoms with Crippen LogP contribution in [0.25, 0.3) is 0 Å². The normalized spacial score (nSPS) is 12.5. The zero-order valence-electron chi connectivity index (χ0n) is 7.95. The number of nitrogens with zero attached hydrogens (tertiary/aromatic N) is 1. The molecule has 0 bridgehead atoms. The van der Waals surface area contributed by atoms with Gasteiger partial charge in [0.05, 0.1) is 6.61 Å². The van der Waals surface area contributed by atoms with Crippen molar-refractivity contribution in [3.63, 3.8) is 0 Å². The van der Waals surface area contributed by atoms with Crippen LogP contribution in [0.15, 0.2) is 18.3 Å². The largest absolute Gasteiger partial charge is 0.384 e. The van der Waals surface area contributed by atoms with Crippen molar-refractivity contribution in [1.82, 2.24) is 4.98 Å². The highest BCUT2D eigenvalue weighted by Gasteiger charge is 2.00. The quantitative estimate of drug-likeness (QED) is 0.730. The van der Waals surface area contributed by atoms with E-state index >= 15 is 0 Å². The summed E-state index contributed by atoms with van der Waals surface area (Å²) in [4.78, 5) is 3.90. The van der Waals surface area contributed by atoms with Gasteiger partial charge in [0.25, 0.3) is 0 Å². The third-order valence-electron chi connectivity index (χ3n) is 1.61. The van der Waals surface area contributed by atoms with Crippen molar-refractivity contribution in [2.45, 2.75) is 13.0 Å². The molecule has 1 atom stereocenters.